The Hall–Kier alpha value is -2.55. The molecule has 1 N–H and O–H groups in total. The standard InChI is InChI=1S/C23H28N4O3S/c1-17-5-9-20(10-6-17)23-26-25-22(30-23)16-27-13-3-4-19(15-27)14-24-31(28,29)21-11-7-18(2)8-12-21/h5-12,19,24H,3-4,13-16H2,1-2H3. The highest BCUT2D eigenvalue weighted by molar-refractivity contribution is 7.89. The predicted octanol–water partition coefficient (Wildman–Crippen LogP) is 3.54. The van der Waals surface area contributed by atoms with Crippen molar-refractivity contribution < 1.29 is 12.8 Å². The van der Waals surface area contributed by atoms with Gasteiger partial charge in [0, 0.05) is 18.7 Å². The summed E-state index contributed by atoms with van der Waals surface area (Å²) in [5.74, 6) is 1.35. The summed E-state index contributed by atoms with van der Waals surface area (Å²) in [6.07, 6.45) is 2.00. The molecule has 0 spiro atoms. The van der Waals surface area contributed by atoms with E-state index in [0.717, 1.165) is 37.1 Å². The van der Waals surface area contributed by atoms with Crippen LogP contribution >= 0.6 is 0 Å². The van der Waals surface area contributed by atoms with Crippen molar-refractivity contribution in [3.8, 4) is 11.5 Å². The van der Waals surface area contributed by atoms with Crippen LogP contribution in [0.3, 0.4) is 0 Å². The molecule has 0 saturated carbocycles. The quantitative estimate of drug-likeness (QED) is 0.605. The number of nitrogens with zero attached hydrogens (tertiary/aromatic N) is 3. The summed E-state index contributed by atoms with van der Waals surface area (Å²) in [7, 11) is -3.49. The van der Waals surface area contributed by atoms with Crippen molar-refractivity contribution in [2.24, 2.45) is 5.92 Å². The summed E-state index contributed by atoms with van der Waals surface area (Å²) >= 11 is 0. The largest absolute Gasteiger partial charge is 0.419 e. The van der Waals surface area contributed by atoms with Crippen LogP contribution in [0.2, 0.25) is 0 Å². The topological polar surface area (TPSA) is 88.3 Å². The maximum atomic E-state index is 12.6. The van der Waals surface area contributed by atoms with E-state index in [-0.39, 0.29) is 5.92 Å². The molecule has 2 aromatic carbocycles. The number of likely N-dealkylation sites (tertiary alicyclic amines) is 1. The van der Waals surface area contributed by atoms with Gasteiger partial charge in [-0.05, 0) is 63.4 Å². The van der Waals surface area contributed by atoms with E-state index in [2.05, 4.69) is 19.8 Å². The van der Waals surface area contributed by atoms with Gasteiger partial charge in [-0.3, -0.25) is 4.90 Å². The van der Waals surface area contributed by atoms with Gasteiger partial charge in [0.1, 0.15) is 0 Å². The third-order valence-corrected chi connectivity index (χ3v) is 7.06. The lowest BCUT2D eigenvalue weighted by Crippen LogP contribution is -2.40. The number of hydrogen-bond acceptors (Lipinski definition) is 6. The first-order chi connectivity index (χ1) is 14.9. The van der Waals surface area contributed by atoms with E-state index in [4.69, 9.17) is 4.42 Å². The number of hydrogen-bond donors (Lipinski definition) is 1. The molecule has 0 amide bonds. The van der Waals surface area contributed by atoms with Crippen molar-refractivity contribution in [1.82, 2.24) is 19.8 Å². The Bertz CT molecular complexity index is 1110. The smallest absolute Gasteiger partial charge is 0.247 e. The van der Waals surface area contributed by atoms with Gasteiger partial charge in [0.25, 0.3) is 0 Å². The van der Waals surface area contributed by atoms with Crippen LogP contribution in [-0.4, -0.2) is 43.1 Å². The Morgan fingerprint density at radius 2 is 1.71 bits per heavy atom. The second-order valence-electron chi connectivity index (χ2n) is 8.28. The summed E-state index contributed by atoms with van der Waals surface area (Å²) in [5, 5.41) is 8.37. The van der Waals surface area contributed by atoms with Crippen molar-refractivity contribution >= 4 is 10.0 Å². The predicted molar refractivity (Wildman–Crippen MR) is 119 cm³/mol. The van der Waals surface area contributed by atoms with Crippen molar-refractivity contribution in [1.29, 1.82) is 0 Å². The molecule has 0 radical (unpaired) electrons. The van der Waals surface area contributed by atoms with Gasteiger partial charge in [-0.15, -0.1) is 10.2 Å². The van der Waals surface area contributed by atoms with Crippen LogP contribution in [0.15, 0.2) is 57.8 Å². The maximum absolute atomic E-state index is 12.6. The summed E-state index contributed by atoms with van der Waals surface area (Å²) in [4.78, 5) is 2.56. The molecule has 164 valence electrons. The van der Waals surface area contributed by atoms with Gasteiger partial charge < -0.3 is 4.42 Å². The summed E-state index contributed by atoms with van der Waals surface area (Å²) < 4.78 is 33.7. The Labute approximate surface area is 183 Å². The molecule has 2 heterocycles. The molecular formula is C23H28N4O3S. The molecule has 1 unspecified atom stereocenters. The zero-order valence-electron chi connectivity index (χ0n) is 17.9. The van der Waals surface area contributed by atoms with Crippen molar-refractivity contribution in [3.63, 3.8) is 0 Å². The first-order valence-corrected chi connectivity index (χ1v) is 12.1. The molecular weight excluding hydrogens is 412 g/mol. The molecule has 1 aromatic heterocycles. The maximum Gasteiger partial charge on any atom is 0.247 e. The normalized spacial score (nSPS) is 17.7. The fourth-order valence-electron chi connectivity index (χ4n) is 3.81. The van der Waals surface area contributed by atoms with E-state index < -0.39 is 10.0 Å². The van der Waals surface area contributed by atoms with Crippen LogP contribution in [0, 0.1) is 19.8 Å². The van der Waals surface area contributed by atoms with Gasteiger partial charge in [0.2, 0.25) is 21.8 Å². The lowest BCUT2D eigenvalue weighted by molar-refractivity contribution is 0.156. The summed E-state index contributed by atoms with van der Waals surface area (Å²) in [5.41, 5.74) is 3.13. The minimum absolute atomic E-state index is 0.244. The molecule has 1 aliphatic heterocycles. The van der Waals surface area contributed by atoms with Gasteiger partial charge in [-0.25, -0.2) is 13.1 Å². The molecule has 0 aliphatic carbocycles. The second-order valence-corrected chi connectivity index (χ2v) is 10.0. The van der Waals surface area contributed by atoms with Gasteiger partial charge in [-0.1, -0.05) is 35.4 Å². The fourth-order valence-corrected chi connectivity index (χ4v) is 4.93. The Kier molecular flexibility index (Phi) is 6.50. The first kappa shape index (κ1) is 21.7. The van der Waals surface area contributed by atoms with E-state index >= 15 is 0 Å². The molecule has 8 heteroatoms. The van der Waals surface area contributed by atoms with E-state index in [1.165, 1.54) is 5.56 Å². The fraction of sp³-hybridized carbons (Fsp3) is 0.391. The van der Waals surface area contributed by atoms with Gasteiger partial charge in [-0.2, -0.15) is 0 Å². The first-order valence-electron chi connectivity index (χ1n) is 10.6. The molecule has 7 nitrogen and oxygen atoms in total. The molecule has 4 rings (SSSR count). The molecule has 1 aliphatic rings. The molecule has 1 saturated heterocycles. The number of rotatable bonds is 7. The van der Waals surface area contributed by atoms with Crippen molar-refractivity contribution in [2.45, 2.75) is 38.1 Å². The van der Waals surface area contributed by atoms with Gasteiger partial charge in [0.15, 0.2) is 0 Å². The van der Waals surface area contributed by atoms with Crippen LogP contribution in [0.1, 0.15) is 29.9 Å². The Balaban J connectivity index is 1.32. The molecule has 1 fully saturated rings. The zero-order chi connectivity index (χ0) is 21.8. The third-order valence-electron chi connectivity index (χ3n) is 5.62. The van der Waals surface area contributed by atoms with E-state index in [1.807, 2.05) is 50.2 Å². The van der Waals surface area contributed by atoms with Crippen molar-refractivity contribution in [3.05, 3.63) is 65.5 Å². The Morgan fingerprint density at radius 3 is 2.42 bits per heavy atom. The van der Waals surface area contributed by atoms with E-state index in [0.29, 0.717) is 29.8 Å². The summed E-state index contributed by atoms with van der Waals surface area (Å²) in [6, 6.07) is 14.9. The monoisotopic (exact) mass is 440 g/mol. The minimum atomic E-state index is -3.49. The lowest BCUT2D eigenvalue weighted by Gasteiger charge is -2.31. The van der Waals surface area contributed by atoms with Crippen LogP contribution in [-0.2, 0) is 16.6 Å². The minimum Gasteiger partial charge on any atom is -0.419 e. The number of aryl methyl sites for hydroxylation is 2. The average Bonchev–Trinajstić information content (AvgIpc) is 3.22. The van der Waals surface area contributed by atoms with Crippen LogP contribution in [0.4, 0.5) is 0 Å². The molecule has 1 atom stereocenters. The zero-order valence-corrected chi connectivity index (χ0v) is 18.7. The highest BCUT2D eigenvalue weighted by atomic mass is 32.2. The molecule has 0 bridgehead atoms. The van der Waals surface area contributed by atoms with Gasteiger partial charge in [0.05, 0.1) is 11.4 Å². The number of benzene rings is 2. The van der Waals surface area contributed by atoms with E-state index in [1.54, 1.807) is 12.1 Å². The van der Waals surface area contributed by atoms with Crippen LogP contribution in [0.25, 0.3) is 11.5 Å². The number of sulfonamides is 1. The lowest BCUT2D eigenvalue weighted by atomic mass is 9.98. The highest BCUT2D eigenvalue weighted by Gasteiger charge is 2.24. The molecule has 31 heavy (non-hydrogen) atoms. The number of piperidine rings is 1. The number of aromatic nitrogens is 2. The average molecular weight is 441 g/mol. The SMILES string of the molecule is Cc1ccc(-c2nnc(CN3CCCC(CNS(=O)(=O)c4ccc(C)cc4)C3)o2)cc1. The highest BCUT2D eigenvalue weighted by Crippen LogP contribution is 2.22. The van der Waals surface area contributed by atoms with Crippen LogP contribution in [0.5, 0.6) is 0 Å². The second kappa shape index (κ2) is 9.30. The Morgan fingerprint density at radius 1 is 1.03 bits per heavy atom. The van der Waals surface area contributed by atoms with Gasteiger partial charge >= 0.3 is 0 Å². The third kappa shape index (κ3) is 5.58. The molecule has 3 aromatic rings. The summed E-state index contributed by atoms with van der Waals surface area (Å²) in [6.45, 7) is 6.69. The number of nitrogens with one attached hydrogen (secondary N) is 1. The van der Waals surface area contributed by atoms with Crippen molar-refractivity contribution in [2.75, 3.05) is 19.6 Å². The van der Waals surface area contributed by atoms with Crippen LogP contribution < -0.4 is 4.72 Å². The van der Waals surface area contributed by atoms with E-state index in [9.17, 15) is 8.42 Å².